The van der Waals surface area contributed by atoms with Gasteiger partial charge in [-0.2, -0.15) is 0 Å². The molecule has 0 aliphatic heterocycles. The average molecular weight is 366 g/mol. The molecule has 3 aromatic rings. The van der Waals surface area contributed by atoms with Crippen molar-refractivity contribution in [2.24, 2.45) is 0 Å². The van der Waals surface area contributed by atoms with Crippen molar-refractivity contribution in [3.05, 3.63) is 64.4 Å². The van der Waals surface area contributed by atoms with Crippen molar-refractivity contribution in [1.82, 2.24) is 15.0 Å². The van der Waals surface area contributed by atoms with Gasteiger partial charge in [0.15, 0.2) is 0 Å². The van der Waals surface area contributed by atoms with Gasteiger partial charge in [0.1, 0.15) is 12.1 Å². The molecule has 0 atom stereocenters. The summed E-state index contributed by atoms with van der Waals surface area (Å²) in [6.45, 7) is 2.01. The minimum atomic E-state index is -0.428. The summed E-state index contributed by atoms with van der Waals surface area (Å²) in [4.78, 5) is 36.3. The highest BCUT2D eigenvalue weighted by atomic mass is 16.5. The second kappa shape index (κ2) is 8.22. The first kappa shape index (κ1) is 18.2. The molecule has 1 amide bonds. The van der Waals surface area contributed by atoms with Crippen LogP contribution in [0.4, 0.5) is 5.69 Å². The van der Waals surface area contributed by atoms with E-state index < -0.39 is 11.9 Å². The number of esters is 1. The standard InChI is InChI=1S/C19H18N4O4/c1-2-11-27-19(26)13-7-9-14(10-8-13)20-17(24)12-23-18(25)15-5-3-4-6-16(15)21-22-23/h3-10H,2,11-12H2,1H3,(H,20,24). The van der Waals surface area contributed by atoms with Crippen LogP contribution in [0.5, 0.6) is 0 Å². The van der Waals surface area contributed by atoms with Crippen molar-refractivity contribution in [2.75, 3.05) is 11.9 Å². The number of fused-ring (bicyclic) bond motifs is 1. The zero-order valence-electron chi connectivity index (χ0n) is 14.7. The Hall–Kier alpha value is -3.55. The van der Waals surface area contributed by atoms with Gasteiger partial charge in [0.2, 0.25) is 5.91 Å². The molecule has 138 valence electrons. The number of amides is 1. The lowest BCUT2D eigenvalue weighted by molar-refractivity contribution is -0.117. The Morgan fingerprint density at radius 3 is 2.59 bits per heavy atom. The van der Waals surface area contributed by atoms with Gasteiger partial charge in [0.05, 0.1) is 17.6 Å². The molecule has 0 fully saturated rings. The molecule has 2 aromatic carbocycles. The highest BCUT2D eigenvalue weighted by Gasteiger charge is 2.11. The maximum Gasteiger partial charge on any atom is 0.338 e. The molecule has 1 aromatic heterocycles. The van der Waals surface area contributed by atoms with E-state index in [1.54, 1.807) is 48.5 Å². The number of aromatic nitrogens is 3. The Balaban J connectivity index is 1.67. The minimum absolute atomic E-state index is 0.267. The molecule has 3 rings (SSSR count). The van der Waals surface area contributed by atoms with Crippen LogP contribution in [-0.4, -0.2) is 33.5 Å². The van der Waals surface area contributed by atoms with Crippen molar-refractivity contribution >= 4 is 28.5 Å². The van der Waals surface area contributed by atoms with Gasteiger partial charge < -0.3 is 10.1 Å². The average Bonchev–Trinajstić information content (AvgIpc) is 2.69. The maximum atomic E-state index is 12.4. The van der Waals surface area contributed by atoms with E-state index in [1.165, 1.54) is 0 Å². The smallest absolute Gasteiger partial charge is 0.338 e. The van der Waals surface area contributed by atoms with Gasteiger partial charge in [-0.1, -0.05) is 24.3 Å². The van der Waals surface area contributed by atoms with Crippen LogP contribution in [0, 0.1) is 0 Å². The van der Waals surface area contributed by atoms with Gasteiger partial charge in [-0.3, -0.25) is 9.59 Å². The van der Waals surface area contributed by atoms with Crippen LogP contribution in [0.1, 0.15) is 23.7 Å². The lowest BCUT2D eigenvalue weighted by Gasteiger charge is -2.08. The molecule has 0 unspecified atom stereocenters. The number of rotatable bonds is 6. The monoisotopic (exact) mass is 366 g/mol. The highest BCUT2D eigenvalue weighted by Crippen LogP contribution is 2.11. The summed E-state index contributed by atoms with van der Waals surface area (Å²) in [6, 6.07) is 13.1. The van der Waals surface area contributed by atoms with E-state index in [9.17, 15) is 14.4 Å². The van der Waals surface area contributed by atoms with E-state index in [1.807, 2.05) is 6.92 Å². The molecule has 0 saturated carbocycles. The molecule has 0 bridgehead atoms. The third kappa shape index (κ3) is 4.35. The predicted octanol–water partition coefficient (Wildman–Crippen LogP) is 2.00. The second-order valence-corrected chi connectivity index (χ2v) is 5.83. The van der Waals surface area contributed by atoms with Crippen molar-refractivity contribution in [3.63, 3.8) is 0 Å². The molecule has 0 spiro atoms. The van der Waals surface area contributed by atoms with Gasteiger partial charge in [-0.05, 0) is 42.8 Å². The quantitative estimate of drug-likeness (QED) is 0.669. The van der Waals surface area contributed by atoms with Crippen LogP contribution in [0.3, 0.4) is 0 Å². The lowest BCUT2D eigenvalue weighted by atomic mass is 10.2. The van der Waals surface area contributed by atoms with Gasteiger partial charge in [-0.15, -0.1) is 5.10 Å². The first-order chi connectivity index (χ1) is 13.1. The summed E-state index contributed by atoms with van der Waals surface area (Å²) in [5.74, 6) is -0.837. The van der Waals surface area contributed by atoms with Crippen LogP contribution in [0.15, 0.2) is 53.3 Å². The Bertz CT molecular complexity index is 1030. The lowest BCUT2D eigenvalue weighted by Crippen LogP contribution is -2.30. The molecule has 0 aliphatic carbocycles. The third-order valence-electron chi connectivity index (χ3n) is 3.76. The van der Waals surface area contributed by atoms with Crippen LogP contribution < -0.4 is 10.9 Å². The second-order valence-electron chi connectivity index (χ2n) is 5.83. The number of carbonyl (C=O) groups excluding carboxylic acids is 2. The van der Waals surface area contributed by atoms with Gasteiger partial charge in [0.25, 0.3) is 5.56 Å². The van der Waals surface area contributed by atoms with Crippen molar-refractivity contribution in [3.8, 4) is 0 Å². The molecule has 0 aliphatic rings. The van der Waals surface area contributed by atoms with Crippen LogP contribution in [0.25, 0.3) is 10.9 Å². The van der Waals surface area contributed by atoms with Crippen molar-refractivity contribution < 1.29 is 14.3 Å². The molecule has 27 heavy (non-hydrogen) atoms. The molecule has 0 radical (unpaired) electrons. The minimum Gasteiger partial charge on any atom is -0.462 e. The molecular formula is C19H18N4O4. The fraction of sp³-hybridized carbons (Fsp3) is 0.211. The first-order valence-electron chi connectivity index (χ1n) is 8.48. The zero-order chi connectivity index (χ0) is 19.2. The molecule has 1 N–H and O–H groups in total. The molecule has 1 heterocycles. The summed E-state index contributed by atoms with van der Waals surface area (Å²) in [5.41, 5.74) is 0.987. The number of ether oxygens (including phenoxy) is 1. The van der Waals surface area contributed by atoms with Crippen LogP contribution in [-0.2, 0) is 16.1 Å². The summed E-state index contributed by atoms with van der Waals surface area (Å²) >= 11 is 0. The molecular weight excluding hydrogens is 348 g/mol. The fourth-order valence-corrected chi connectivity index (χ4v) is 2.43. The van der Waals surface area contributed by atoms with Crippen LogP contribution in [0.2, 0.25) is 0 Å². The number of nitrogens with one attached hydrogen (secondary N) is 1. The van der Waals surface area contributed by atoms with E-state index in [-0.39, 0.29) is 12.1 Å². The molecule has 8 nitrogen and oxygen atoms in total. The van der Waals surface area contributed by atoms with E-state index in [0.717, 1.165) is 11.1 Å². The number of nitrogens with zero attached hydrogens (tertiary/aromatic N) is 3. The summed E-state index contributed by atoms with van der Waals surface area (Å²) in [7, 11) is 0. The Labute approximate surface area is 154 Å². The summed E-state index contributed by atoms with van der Waals surface area (Å²) < 4.78 is 6.05. The first-order valence-corrected chi connectivity index (χ1v) is 8.48. The number of anilines is 1. The van der Waals surface area contributed by atoms with Gasteiger partial charge in [0, 0.05) is 5.69 Å². The van der Waals surface area contributed by atoms with Crippen molar-refractivity contribution in [2.45, 2.75) is 19.9 Å². The van der Waals surface area contributed by atoms with Crippen LogP contribution >= 0.6 is 0 Å². The Morgan fingerprint density at radius 2 is 1.85 bits per heavy atom. The largest absolute Gasteiger partial charge is 0.462 e. The normalized spacial score (nSPS) is 10.6. The zero-order valence-corrected chi connectivity index (χ0v) is 14.7. The maximum absolute atomic E-state index is 12.4. The number of hydrogen-bond acceptors (Lipinski definition) is 6. The topological polar surface area (TPSA) is 103 Å². The third-order valence-corrected chi connectivity index (χ3v) is 3.76. The van der Waals surface area contributed by atoms with E-state index >= 15 is 0 Å². The highest BCUT2D eigenvalue weighted by molar-refractivity contribution is 5.93. The Morgan fingerprint density at radius 1 is 1.11 bits per heavy atom. The van der Waals surface area contributed by atoms with Crippen molar-refractivity contribution in [1.29, 1.82) is 0 Å². The van der Waals surface area contributed by atoms with E-state index in [2.05, 4.69) is 15.6 Å². The fourth-order valence-electron chi connectivity index (χ4n) is 2.43. The van der Waals surface area contributed by atoms with E-state index in [0.29, 0.717) is 28.8 Å². The summed E-state index contributed by atoms with van der Waals surface area (Å²) in [6.07, 6.45) is 0.747. The Kier molecular flexibility index (Phi) is 5.55. The van der Waals surface area contributed by atoms with Gasteiger partial charge in [-0.25, -0.2) is 9.48 Å². The van der Waals surface area contributed by atoms with E-state index in [4.69, 9.17) is 4.74 Å². The number of hydrogen-bond donors (Lipinski definition) is 1. The SMILES string of the molecule is CCCOC(=O)c1ccc(NC(=O)Cn2nnc3ccccc3c2=O)cc1. The molecule has 8 heteroatoms. The van der Waals surface area contributed by atoms with Gasteiger partial charge >= 0.3 is 5.97 Å². The summed E-state index contributed by atoms with van der Waals surface area (Å²) in [5, 5.41) is 10.8. The number of benzene rings is 2. The molecule has 0 saturated heterocycles. The number of carbonyl (C=O) groups is 2. The predicted molar refractivity (Wildman–Crippen MR) is 99.4 cm³/mol.